The lowest BCUT2D eigenvalue weighted by molar-refractivity contribution is -0.145. The predicted octanol–water partition coefficient (Wildman–Crippen LogP) is 2.68. The molecule has 0 aliphatic heterocycles. The largest absolute Gasteiger partial charge is 0.480 e. The number of aliphatic carboxylic acids is 1. The lowest BCUT2D eigenvalue weighted by atomic mass is 10.0. The van der Waals surface area contributed by atoms with Gasteiger partial charge in [0.1, 0.15) is 12.4 Å². The molecule has 4 nitrogen and oxygen atoms in total. The molecule has 2 atom stereocenters. The third-order valence-electron chi connectivity index (χ3n) is 4.87. The molecule has 22 heavy (non-hydrogen) atoms. The zero-order chi connectivity index (χ0) is 15.7. The van der Waals surface area contributed by atoms with Crippen LogP contribution in [0, 0.1) is 23.6 Å². The number of fused-ring (bicyclic) bond motifs is 1. The first kappa shape index (κ1) is 15.0. The molecule has 1 aromatic carbocycles. The first-order valence-electron chi connectivity index (χ1n) is 7.81. The van der Waals surface area contributed by atoms with Crippen molar-refractivity contribution in [2.24, 2.45) is 17.8 Å². The lowest BCUT2D eigenvalue weighted by Crippen LogP contribution is -2.36. The van der Waals surface area contributed by atoms with Crippen molar-refractivity contribution in [3.63, 3.8) is 0 Å². The third-order valence-corrected chi connectivity index (χ3v) is 4.87. The van der Waals surface area contributed by atoms with E-state index in [0.29, 0.717) is 11.8 Å². The highest BCUT2D eigenvalue weighted by atomic mass is 19.1. The van der Waals surface area contributed by atoms with E-state index in [1.54, 1.807) is 12.1 Å². The van der Waals surface area contributed by atoms with Crippen molar-refractivity contribution < 1.29 is 19.1 Å². The van der Waals surface area contributed by atoms with Gasteiger partial charge in [0.25, 0.3) is 0 Å². The zero-order valence-electron chi connectivity index (χ0n) is 12.4. The topological polar surface area (TPSA) is 57.6 Å². The Morgan fingerprint density at radius 3 is 2.27 bits per heavy atom. The van der Waals surface area contributed by atoms with Gasteiger partial charge in [-0.2, -0.15) is 0 Å². The maximum Gasteiger partial charge on any atom is 0.323 e. The van der Waals surface area contributed by atoms with E-state index >= 15 is 0 Å². The number of hydrogen-bond acceptors (Lipinski definition) is 2. The Morgan fingerprint density at radius 2 is 1.73 bits per heavy atom. The molecule has 1 N–H and O–H groups in total. The second-order valence-electron chi connectivity index (χ2n) is 6.35. The van der Waals surface area contributed by atoms with Crippen LogP contribution in [0.1, 0.15) is 31.2 Å². The Kier molecular flexibility index (Phi) is 4.14. The molecule has 2 aliphatic rings. The van der Waals surface area contributed by atoms with Crippen molar-refractivity contribution in [2.75, 3.05) is 6.54 Å². The summed E-state index contributed by atoms with van der Waals surface area (Å²) in [7, 11) is 0. The van der Waals surface area contributed by atoms with Crippen LogP contribution in [0.25, 0.3) is 0 Å². The Hall–Kier alpha value is -1.91. The van der Waals surface area contributed by atoms with E-state index in [4.69, 9.17) is 5.11 Å². The molecule has 2 aliphatic carbocycles. The van der Waals surface area contributed by atoms with Gasteiger partial charge in [-0.1, -0.05) is 25.0 Å². The number of benzene rings is 1. The van der Waals surface area contributed by atoms with Crippen LogP contribution >= 0.6 is 0 Å². The summed E-state index contributed by atoms with van der Waals surface area (Å²) in [6.45, 7) is -0.0759. The van der Waals surface area contributed by atoms with E-state index < -0.39 is 5.97 Å². The second kappa shape index (κ2) is 6.07. The van der Waals surface area contributed by atoms with Crippen LogP contribution < -0.4 is 0 Å². The quantitative estimate of drug-likeness (QED) is 0.910. The summed E-state index contributed by atoms with van der Waals surface area (Å²) in [5, 5.41) is 9.06. The highest BCUT2D eigenvalue weighted by Crippen LogP contribution is 2.56. The van der Waals surface area contributed by atoms with Crippen LogP contribution in [-0.2, 0) is 16.1 Å². The summed E-state index contributed by atoms with van der Waals surface area (Å²) in [6.07, 6.45) is 4.50. The van der Waals surface area contributed by atoms with Crippen molar-refractivity contribution >= 4 is 11.9 Å². The van der Waals surface area contributed by atoms with Gasteiger partial charge in [-0.05, 0) is 42.4 Å². The summed E-state index contributed by atoms with van der Waals surface area (Å²) in [4.78, 5) is 25.1. The van der Waals surface area contributed by atoms with E-state index in [-0.39, 0.29) is 30.7 Å². The number of carbonyl (C=O) groups is 2. The van der Waals surface area contributed by atoms with Gasteiger partial charge in [-0.3, -0.25) is 9.59 Å². The molecule has 0 aromatic heterocycles. The molecule has 1 aromatic rings. The van der Waals surface area contributed by atoms with Crippen molar-refractivity contribution in [3.8, 4) is 0 Å². The molecule has 0 radical (unpaired) electrons. The predicted molar refractivity (Wildman–Crippen MR) is 78.4 cm³/mol. The van der Waals surface area contributed by atoms with Crippen LogP contribution in [0.15, 0.2) is 24.3 Å². The van der Waals surface area contributed by atoms with E-state index in [1.165, 1.54) is 29.9 Å². The van der Waals surface area contributed by atoms with Gasteiger partial charge in [0.2, 0.25) is 5.91 Å². The van der Waals surface area contributed by atoms with Gasteiger partial charge >= 0.3 is 5.97 Å². The molecule has 0 spiro atoms. The van der Waals surface area contributed by atoms with Gasteiger partial charge in [0, 0.05) is 12.5 Å². The van der Waals surface area contributed by atoms with Crippen molar-refractivity contribution in [1.29, 1.82) is 0 Å². The van der Waals surface area contributed by atoms with E-state index in [2.05, 4.69) is 0 Å². The maximum absolute atomic E-state index is 13.0. The van der Waals surface area contributed by atoms with E-state index in [0.717, 1.165) is 18.4 Å². The van der Waals surface area contributed by atoms with Crippen molar-refractivity contribution in [3.05, 3.63) is 35.6 Å². The van der Waals surface area contributed by atoms with Crippen LogP contribution in [-0.4, -0.2) is 28.4 Å². The molecule has 0 heterocycles. The van der Waals surface area contributed by atoms with Gasteiger partial charge < -0.3 is 10.0 Å². The Balaban J connectivity index is 1.70. The number of hydrogen-bond donors (Lipinski definition) is 1. The molecule has 0 bridgehead atoms. The molecule has 5 heteroatoms. The third kappa shape index (κ3) is 3.13. The SMILES string of the molecule is O=C(O)CN(Cc1ccc(F)cc1)C(=O)C1C2CCCCC21. The first-order chi connectivity index (χ1) is 10.6. The minimum absolute atomic E-state index is 0.00213. The van der Waals surface area contributed by atoms with Gasteiger partial charge in [-0.15, -0.1) is 0 Å². The van der Waals surface area contributed by atoms with Crippen LogP contribution in [0.3, 0.4) is 0 Å². The van der Waals surface area contributed by atoms with E-state index in [9.17, 15) is 14.0 Å². The van der Waals surface area contributed by atoms with Crippen LogP contribution in [0.4, 0.5) is 4.39 Å². The van der Waals surface area contributed by atoms with Crippen LogP contribution in [0.5, 0.6) is 0 Å². The summed E-state index contributed by atoms with van der Waals surface area (Å²) < 4.78 is 13.0. The number of carboxylic acids is 1. The van der Waals surface area contributed by atoms with Gasteiger partial charge in [0.05, 0.1) is 0 Å². The Bertz CT molecular complexity index is 560. The normalized spacial score (nSPS) is 26.1. The number of halogens is 1. The fourth-order valence-corrected chi connectivity index (χ4v) is 3.75. The van der Waals surface area contributed by atoms with Gasteiger partial charge in [0.15, 0.2) is 0 Å². The number of carbonyl (C=O) groups excluding carboxylic acids is 1. The molecule has 2 unspecified atom stereocenters. The number of carboxylic acid groups (broad SMARTS) is 1. The van der Waals surface area contributed by atoms with Crippen molar-refractivity contribution in [2.45, 2.75) is 32.2 Å². The molecule has 2 fully saturated rings. The highest BCUT2D eigenvalue weighted by molar-refractivity contribution is 5.85. The number of nitrogens with zero attached hydrogens (tertiary/aromatic N) is 1. The molecule has 118 valence electrons. The average molecular weight is 305 g/mol. The minimum Gasteiger partial charge on any atom is -0.480 e. The van der Waals surface area contributed by atoms with E-state index in [1.807, 2.05) is 0 Å². The lowest BCUT2D eigenvalue weighted by Gasteiger charge is -2.21. The smallest absolute Gasteiger partial charge is 0.323 e. The minimum atomic E-state index is -1.01. The molecule has 0 saturated heterocycles. The molecule has 1 amide bonds. The highest BCUT2D eigenvalue weighted by Gasteiger charge is 2.55. The standard InChI is InChI=1S/C17H20FNO3/c18-12-7-5-11(6-8-12)9-19(10-15(20)21)17(22)16-13-3-1-2-4-14(13)16/h5-8,13-14,16H,1-4,9-10H2,(H,20,21). The molecule has 3 rings (SSSR count). The average Bonchev–Trinajstić information content (AvgIpc) is 3.22. The zero-order valence-corrected chi connectivity index (χ0v) is 12.4. The summed E-state index contributed by atoms with van der Waals surface area (Å²) >= 11 is 0. The number of rotatable bonds is 5. The fourth-order valence-electron chi connectivity index (χ4n) is 3.75. The summed E-state index contributed by atoms with van der Waals surface area (Å²) in [6, 6.07) is 5.85. The first-order valence-corrected chi connectivity index (χ1v) is 7.81. The Morgan fingerprint density at radius 1 is 1.14 bits per heavy atom. The second-order valence-corrected chi connectivity index (χ2v) is 6.35. The van der Waals surface area contributed by atoms with Crippen molar-refractivity contribution in [1.82, 2.24) is 4.90 Å². The summed E-state index contributed by atoms with van der Waals surface area (Å²) in [5.41, 5.74) is 0.750. The number of amides is 1. The molecule has 2 saturated carbocycles. The Labute approximate surface area is 128 Å². The monoisotopic (exact) mass is 305 g/mol. The molecular weight excluding hydrogens is 285 g/mol. The summed E-state index contributed by atoms with van der Waals surface area (Å²) in [5.74, 6) is -0.505. The fraction of sp³-hybridized carbons (Fsp3) is 0.529. The van der Waals surface area contributed by atoms with Gasteiger partial charge in [-0.25, -0.2) is 4.39 Å². The maximum atomic E-state index is 13.0. The molecular formula is C17H20FNO3. The van der Waals surface area contributed by atoms with Crippen LogP contribution in [0.2, 0.25) is 0 Å².